The van der Waals surface area contributed by atoms with Gasteiger partial charge in [0.25, 0.3) is 0 Å². The van der Waals surface area contributed by atoms with Crippen molar-refractivity contribution in [2.24, 2.45) is 0 Å². The van der Waals surface area contributed by atoms with Crippen LogP contribution >= 0.6 is 23.2 Å². The first kappa shape index (κ1) is 17.2. The van der Waals surface area contributed by atoms with Gasteiger partial charge in [0, 0.05) is 40.9 Å². The van der Waals surface area contributed by atoms with Crippen LogP contribution < -0.4 is 4.90 Å². The van der Waals surface area contributed by atoms with Crippen molar-refractivity contribution >= 4 is 45.8 Å². The van der Waals surface area contributed by atoms with Crippen LogP contribution in [-0.2, 0) is 4.74 Å². The predicted molar refractivity (Wildman–Crippen MR) is 104 cm³/mol. The minimum absolute atomic E-state index is 0.228. The summed E-state index contributed by atoms with van der Waals surface area (Å²) >= 11 is 13.1. The standard InChI is InChI=1S/C19H16Cl2N2O3/c20-14-9-13(23-3-5-26-6-4-23)10-15(21)18(14)17-7-11-1-2-12(19(24)25)8-16(11)22-17/h1-2,7-10,22H,3-6H2,(H,24,25). The van der Waals surface area contributed by atoms with E-state index in [0.29, 0.717) is 28.8 Å². The summed E-state index contributed by atoms with van der Waals surface area (Å²) in [6.45, 7) is 2.97. The lowest BCUT2D eigenvalue weighted by atomic mass is 10.1. The molecule has 1 aliphatic rings. The second kappa shape index (κ2) is 6.83. The predicted octanol–water partition coefficient (Wildman–Crippen LogP) is 4.68. The van der Waals surface area contributed by atoms with Crippen LogP contribution in [0.5, 0.6) is 0 Å². The zero-order valence-electron chi connectivity index (χ0n) is 13.8. The fourth-order valence-electron chi connectivity index (χ4n) is 3.22. The molecule has 7 heteroatoms. The highest BCUT2D eigenvalue weighted by Crippen LogP contribution is 2.39. The average Bonchev–Trinajstić information content (AvgIpc) is 3.04. The maximum absolute atomic E-state index is 11.1. The molecular formula is C19H16Cl2N2O3. The molecule has 1 fully saturated rings. The maximum Gasteiger partial charge on any atom is 0.335 e. The number of carboxylic acids is 1. The molecule has 26 heavy (non-hydrogen) atoms. The fraction of sp³-hybridized carbons (Fsp3) is 0.211. The second-order valence-electron chi connectivity index (χ2n) is 6.17. The summed E-state index contributed by atoms with van der Waals surface area (Å²) in [6.07, 6.45) is 0. The minimum atomic E-state index is -0.964. The topological polar surface area (TPSA) is 65.6 Å². The number of fused-ring (bicyclic) bond motifs is 1. The van der Waals surface area contributed by atoms with Crippen molar-refractivity contribution in [2.75, 3.05) is 31.2 Å². The van der Waals surface area contributed by atoms with Gasteiger partial charge < -0.3 is 19.7 Å². The van der Waals surface area contributed by atoms with Crippen LogP contribution in [-0.4, -0.2) is 42.4 Å². The fourth-order valence-corrected chi connectivity index (χ4v) is 3.90. The van der Waals surface area contributed by atoms with E-state index < -0.39 is 5.97 Å². The molecule has 0 bridgehead atoms. The number of anilines is 1. The Morgan fingerprint density at radius 3 is 2.42 bits per heavy atom. The Labute approximate surface area is 160 Å². The van der Waals surface area contributed by atoms with E-state index in [-0.39, 0.29) is 5.56 Å². The Balaban J connectivity index is 1.75. The molecule has 0 saturated carbocycles. The van der Waals surface area contributed by atoms with Gasteiger partial charge in [-0.2, -0.15) is 0 Å². The highest BCUT2D eigenvalue weighted by atomic mass is 35.5. The summed E-state index contributed by atoms with van der Waals surface area (Å²) in [5.74, 6) is -0.964. The monoisotopic (exact) mass is 390 g/mol. The van der Waals surface area contributed by atoms with Gasteiger partial charge in [0.2, 0.25) is 0 Å². The Hall–Kier alpha value is -2.21. The van der Waals surface area contributed by atoms with Crippen molar-refractivity contribution in [3.63, 3.8) is 0 Å². The molecule has 0 amide bonds. The van der Waals surface area contributed by atoms with Gasteiger partial charge in [-0.15, -0.1) is 0 Å². The molecule has 0 atom stereocenters. The molecule has 1 aliphatic heterocycles. The summed E-state index contributed by atoms with van der Waals surface area (Å²) < 4.78 is 5.38. The van der Waals surface area contributed by atoms with Gasteiger partial charge in [-0.1, -0.05) is 29.3 Å². The van der Waals surface area contributed by atoms with Gasteiger partial charge in [-0.3, -0.25) is 0 Å². The number of carboxylic acid groups (broad SMARTS) is 1. The van der Waals surface area contributed by atoms with Crippen molar-refractivity contribution in [3.05, 3.63) is 52.0 Å². The Kier molecular flexibility index (Phi) is 4.53. The molecule has 134 valence electrons. The number of ether oxygens (including phenoxy) is 1. The number of hydrogen-bond acceptors (Lipinski definition) is 3. The quantitative estimate of drug-likeness (QED) is 0.681. The molecule has 2 aromatic carbocycles. The molecule has 1 saturated heterocycles. The van der Waals surface area contributed by atoms with Crippen LogP contribution in [0, 0.1) is 0 Å². The number of rotatable bonds is 3. The van der Waals surface area contributed by atoms with E-state index in [9.17, 15) is 4.79 Å². The number of benzene rings is 2. The molecular weight excluding hydrogens is 375 g/mol. The van der Waals surface area contributed by atoms with Crippen molar-refractivity contribution < 1.29 is 14.6 Å². The van der Waals surface area contributed by atoms with Gasteiger partial charge in [0.15, 0.2) is 0 Å². The second-order valence-corrected chi connectivity index (χ2v) is 6.99. The highest BCUT2D eigenvalue weighted by molar-refractivity contribution is 6.39. The van der Waals surface area contributed by atoms with Crippen LogP contribution in [0.4, 0.5) is 5.69 Å². The number of carbonyl (C=O) groups is 1. The zero-order chi connectivity index (χ0) is 18.3. The molecule has 0 spiro atoms. The van der Waals surface area contributed by atoms with E-state index in [1.807, 2.05) is 18.2 Å². The summed E-state index contributed by atoms with van der Waals surface area (Å²) in [4.78, 5) is 16.6. The minimum Gasteiger partial charge on any atom is -0.478 e. The molecule has 2 N–H and O–H groups in total. The van der Waals surface area contributed by atoms with Crippen molar-refractivity contribution in [2.45, 2.75) is 0 Å². The van der Waals surface area contributed by atoms with Crippen LogP contribution in [0.25, 0.3) is 22.2 Å². The number of hydrogen-bond donors (Lipinski definition) is 2. The summed E-state index contributed by atoms with van der Waals surface area (Å²) in [5, 5.41) is 11.1. The zero-order valence-corrected chi connectivity index (χ0v) is 15.3. The Morgan fingerprint density at radius 2 is 1.77 bits per heavy atom. The lowest BCUT2D eigenvalue weighted by molar-refractivity contribution is 0.0697. The first-order valence-electron chi connectivity index (χ1n) is 8.21. The first-order valence-corrected chi connectivity index (χ1v) is 8.97. The number of nitrogens with zero attached hydrogens (tertiary/aromatic N) is 1. The third-order valence-corrected chi connectivity index (χ3v) is 5.14. The normalized spacial score (nSPS) is 14.8. The van der Waals surface area contributed by atoms with E-state index in [2.05, 4.69) is 9.88 Å². The largest absolute Gasteiger partial charge is 0.478 e. The number of halogens is 2. The van der Waals surface area contributed by atoms with E-state index in [0.717, 1.165) is 35.4 Å². The van der Waals surface area contributed by atoms with E-state index >= 15 is 0 Å². The molecule has 0 unspecified atom stereocenters. The third-order valence-electron chi connectivity index (χ3n) is 4.54. The Bertz CT molecular complexity index is 971. The molecule has 1 aromatic heterocycles. The summed E-state index contributed by atoms with van der Waals surface area (Å²) in [7, 11) is 0. The van der Waals surface area contributed by atoms with Crippen LogP contribution in [0.15, 0.2) is 36.4 Å². The Morgan fingerprint density at radius 1 is 1.08 bits per heavy atom. The van der Waals surface area contributed by atoms with Crippen LogP contribution in [0.1, 0.15) is 10.4 Å². The number of morpholine rings is 1. The molecule has 0 aliphatic carbocycles. The SMILES string of the molecule is O=C(O)c1ccc2cc(-c3c(Cl)cc(N4CCOCC4)cc3Cl)[nH]c2c1. The van der Waals surface area contributed by atoms with Gasteiger partial charge in [-0.05, 0) is 30.3 Å². The lowest BCUT2D eigenvalue weighted by Gasteiger charge is -2.29. The molecule has 4 rings (SSSR count). The van der Waals surface area contributed by atoms with E-state index in [4.69, 9.17) is 33.0 Å². The number of aromatic amines is 1. The maximum atomic E-state index is 11.1. The van der Waals surface area contributed by atoms with Crippen molar-refractivity contribution in [3.8, 4) is 11.3 Å². The van der Waals surface area contributed by atoms with Gasteiger partial charge in [0.05, 0.1) is 28.8 Å². The van der Waals surface area contributed by atoms with E-state index in [1.54, 1.807) is 18.2 Å². The number of aromatic nitrogens is 1. The van der Waals surface area contributed by atoms with Gasteiger partial charge in [0.1, 0.15) is 0 Å². The number of H-pyrrole nitrogens is 1. The molecule has 0 radical (unpaired) electrons. The summed E-state index contributed by atoms with van der Waals surface area (Å²) in [6, 6.07) is 10.7. The van der Waals surface area contributed by atoms with Gasteiger partial charge in [-0.25, -0.2) is 4.79 Å². The first-order chi connectivity index (χ1) is 12.5. The van der Waals surface area contributed by atoms with Crippen LogP contribution in [0.2, 0.25) is 10.0 Å². The average molecular weight is 391 g/mol. The molecule has 2 heterocycles. The van der Waals surface area contributed by atoms with E-state index in [1.165, 1.54) is 0 Å². The summed E-state index contributed by atoms with van der Waals surface area (Å²) in [5.41, 5.74) is 3.39. The van der Waals surface area contributed by atoms with Crippen LogP contribution in [0.3, 0.4) is 0 Å². The third kappa shape index (κ3) is 3.14. The molecule has 5 nitrogen and oxygen atoms in total. The molecule has 3 aromatic rings. The number of aromatic carboxylic acids is 1. The highest BCUT2D eigenvalue weighted by Gasteiger charge is 2.18. The lowest BCUT2D eigenvalue weighted by Crippen LogP contribution is -2.36. The smallest absolute Gasteiger partial charge is 0.335 e. The van der Waals surface area contributed by atoms with Crippen molar-refractivity contribution in [1.29, 1.82) is 0 Å². The van der Waals surface area contributed by atoms with Crippen molar-refractivity contribution in [1.82, 2.24) is 4.98 Å². The number of nitrogens with one attached hydrogen (secondary N) is 1. The van der Waals surface area contributed by atoms with Gasteiger partial charge >= 0.3 is 5.97 Å².